The number of benzene rings is 2. The van der Waals surface area contributed by atoms with Crippen LogP contribution in [0.15, 0.2) is 47.4 Å². The molecule has 0 bridgehead atoms. The minimum absolute atomic E-state index is 0.0100. The van der Waals surface area contributed by atoms with Gasteiger partial charge >= 0.3 is 6.18 Å². The highest BCUT2D eigenvalue weighted by Gasteiger charge is 2.35. The quantitative estimate of drug-likeness (QED) is 0.365. The van der Waals surface area contributed by atoms with Gasteiger partial charge in [0, 0.05) is 21.7 Å². The predicted molar refractivity (Wildman–Crippen MR) is 143 cm³/mol. The molecule has 0 spiro atoms. The number of carbonyl (C=O) groups is 1. The Morgan fingerprint density at radius 1 is 1.13 bits per heavy atom. The van der Waals surface area contributed by atoms with Gasteiger partial charge in [0.25, 0.3) is 5.91 Å². The van der Waals surface area contributed by atoms with E-state index in [0.717, 1.165) is 6.07 Å². The van der Waals surface area contributed by atoms with Crippen molar-refractivity contribution in [3.05, 3.63) is 81.4 Å². The van der Waals surface area contributed by atoms with Gasteiger partial charge in [-0.05, 0) is 36.8 Å². The first-order valence-corrected chi connectivity index (χ1v) is 14.2. The zero-order valence-corrected chi connectivity index (χ0v) is 23.8. The Morgan fingerprint density at radius 3 is 2.26 bits per heavy atom. The summed E-state index contributed by atoms with van der Waals surface area (Å²) in [6.45, 7) is 7.85. The van der Waals surface area contributed by atoms with E-state index in [1.54, 1.807) is 11.5 Å². The zero-order valence-electron chi connectivity index (χ0n) is 22.2. The number of alkyl halides is 3. The molecule has 0 saturated heterocycles. The van der Waals surface area contributed by atoms with Crippen LogP contribution in [-0.4, -0.2) is 41.3 Å². The molecule has 0 fully saturated rings. The number of imidazole rings is 1. The van der Waals surface area contributed by atoms with E-state index in [0.29, 0.717) is 17.1 Å². The summed E-state index contributed by atoms with van der Waals surface area (Å²) in [6.07, 6.45) is -4.63. The molecule has 1 atom stereocenters. The molecule has 39 heavy (non-hydrogen) atoms. The Morgan fingerprint density at radius 2 is 1.74 bits per heavy atom. The summed E-state index contributed by atoms with van der Waals surface area (Å²) in [7, 11) is -3.42. The summed E-state index contributed by atoms with van der Waals surface area (Å²) in [5, 5.41) is 12.6. The van der Waals surface area contributed by atoms with E-state index < -0.39 is 45.5 Å². The minimum atomic E-state index is -4.63. The molecule has 3 rings (SSSR count). The fraction of sp³-hybridized carbons (Fsp3) is 0.407. The molecule has 1 heterocycles. The molecule has 2 aromatic carbocycles. The molecular formula is C27H31ClF3N3O4S. The third-order valence-electron chi connectivity index (χ3n) is 6.36. The number of halogens is 4. The summed E-state index contributed by atoms with van der Waals surface area (Å²) >= 11 is 6.20. The fourth-order valence-electron chi connectivity index (χ4n) is 4.19. The van der Waals surface area contributed by atoms with Gasteiger partial charge in [0.1, 0.15) is 11.5 Å². The first-order valence-electron chi connectivity index (χ1n) is 12.2. The van der Waals surface area contributed by atoms with Gasteiger partial charge in [-0.1, -0.05) is 57.5 Å². The van der Waals surface area contributed by atoms with Gasteiger partial charge in [-0.2, -0.15) is 13.2 Å². The van der Waals surface area contributed by atoms with E-state index in [2.05, 4.69) is 10.3 Å². The van der Waals surface area contributed by atoms with Crippen molar-refractivity contribution in [2.45, 2.75) is 63.7 Å². The Kier molecular flexibility index (Phi) is 8.88. The van der Waals surface area contributed by atoms with Crippen molar-refractivity contribution in [1.82, 2.24) is 14.9 Å². The summed E-state index contributed by atoms with van der Waals surface area (Å²) in [5.74, 6) is -0.326. The fourth-order valence-corrected chi connectivity index (χ4v) is 5.31. The first kappa shape index (κ1) is 30.6. The molecule has 12 heteroatoms. The van der Waals surface area contributed by atoms with Crippen LogP contribution in [-0.2, 0) is 28.0 Å². The lowest BCUT2D eigenvalue weighted by Gasteiger charge is -2.22. The van der Waals surface area contributed by atoms with Crippen LogP contribution in [0.5, 0.6) is 0 Å². The molecule has 0 radical (unpaired) electrons. The third kappa shape index (κ3) is 6.64. The number of nitrogens with one attached hydrogen (secondary N) is 1. The molecule has 1 amide bonds. The molecule has 0 aliphatic heterocycles. The van der Waals surface area contributed by atoms with Gasteiger partial charge in [-0.3, -0.25) is 4.79 Å². The van der Waals surface area contributed by atoms with Crippen molar-refractivity contribution < 1.29 is 31.5 Å². The van der Waals surface area contributed by atoms with Crippen LogP contribution in [0.3, 0.4) is 0 Å². The highest BCUT2D eigenvalue weighted by Crippen LogP contribution is 2.36. The summed E-state index contributed by atoms with van der Waals surface area (Å²) < 4.78 is 67.0. The molecule has 2 N–H and O–H groups in total. The number of aliphatic hydroxyl groups excluding tert-OH is 1. The lowest BCUT2D eigenvalue weighted by Crippen LogP contribution is -2.31. The van der Waals surface area contributed by atoms with E-state index in [1.165, 1.54) is 43.3 Å². The average Bonchev–Trinajstić information content (AvgIpc) is 3.19. The number of nitrogens with zero attached hydrogens (tertiary/aromatic N) is 2. The standard InChI is InChI=1S/C27H31ClF3N3O4S/c1-6-39(37,38)18-12-10-17(11-13-18)22(15-35)32-24(36)23-16(2)34(25(33-23)26(3,4)5)14-19-20(27(29,30)31)8-7-9-21(19)28/h7-13,22,35H,6,14-15H2,1-5H3,(H,32,36). The van der Waals surface area contributed by atoms with Crippen molar-refractivity contribution in [2.75, 3.05) is 12.4 Å². The third-order valence-corrected chi connectivity index (χ3v) is 8.46. The van der Waals surface area contributed by atoms with E-state index in [1.807, 2.05) is 20.8 Å². The summed E-state index contributed by atoms with van der Waals surface area (Å²) in [6, 6.07) is 8.52. The molecule has 0 aliphatic rings. The van der Waals surface area contributed by atoms with E-state index in [-0.39, 0.29) is 33.5 Å². The Balaban J connectivity index is 2.00. The SMILES string of the molecule is CCS(=O)(=O)c1ccc(C(CO)NC(=O)c2nc(C(C)(C)C)n(Cc3c(Cl)cccc3C(F)(F)F)c2C)cc1. The Hall–Kier alpha value is -2.89. The maximum absolute atomic E-state index is 13.7. The largest absolute Gasteiger partial charge is 0.416 e. The van der Waals surface area contributed by atoms with Crippen LogP contribution in [0, 0.1) is 6.92 Å². The predicted octanol–water partition coefficient (Wildman–Crippen LogP) is 5.47. The highest BCUT2D eigenvalue weighted by molar-refractivity contribution is 7.91. The van der Waals surface area contributed by atoms with Gasteiger partial charge in [0.15, 0.2) is 9.84 Å². The zero-order chi connectivity index (χ0) is 29.3. The summed E-state index contributed by atoms with van der Waals surface area (Å²) in [4.78, 5) is 17.9. The maximum atomic E-state index is 13.7. The molecule has 7 nitrogen and oxygen atoms in total. The second-order valence-corrected chi connectivity index (χ2v) is 12.8. The van der Waals surface area contributed by atoms with Crippen LogP contribution in [0.4, 0.5) is 13.2 Å². The van der Waals surface area contributed by atoms with E-state index >= 15 is 0 Å². The second-order valence-electron chi connectivity index (χ2n) is 10.2. The first-order chi connectivity index (χ1) is 18.0. The van der Waals surface area contributed by atoms with Gasteiger partial charge < -0.3 is 15.0 Å². The van der Waals surface area contributed by atoms with Gasteiger partial charge in [-0.15, -0.1) is 0 Å². The molecule has 3 aromatic rings. The average molecular weight is 586 g/mol. The van der Waals surface area contributed by atoms with Gasteiger partial charge in [0.05, 0.1) is 35.4 Å². The Labute approximate surface area is 230 Å². The molecule has 1 unspecified atom stereocenters. The second kappa shape index (κ2) is 11.3. The number of carbonyl (C=O) groups excluding carboxylic acids is 1. The number of aliphatic hydroxyl groups is 1. The molecule has 0 aliphatic carbocycles. The van der Waals surface area contributed by atoms with Crippen LogP contribution in [0.2, 0.25) is 5.02 Å². The number of sulfone groups is 1. The van der Waals surface area contributed by atoms with E-state index in [4.69, 9.17) is 11.6 Å². The Bertz CT molecular complexity index is 1460. The smallest absolute Gasteiger partial charge is 0.394 e. The minimum Gasteiger partial charge on any atom is -0.394 e. The number of aromatic nitrogens is 2. The normalized spacial score (nSPS) is 13.4. The van der Waals surface area contributed by atoms with Gasteiger partial charge in [0.2, 0.25) is 0 Å². The van der Waals surface area contributed by atoms with Crippen molar-refractivity contribution in [3.8, 4) is 0 Å². The number of amides is 1. The van der Waals surface area contributed by atoms with Crippen LogP contribution in [0.25, 0.3) is 0 Å². The molecule has 0 saturated carbocycles. The molecular weight excluding hydrogens is 555 g/mol. The van der Waals surface area contributed by atoms with Crippen LogP contribution >= 0.6 is 11.6 Å². The monoisotopic (exact) mass is 585 g/mol. The lowest BCUT2D eigenvalue weighted by molar-refractivity contribution is -0.138. The van der Waals surface area contributed by atoms with Crippen molar-refractivity contribution in [1.29, 1.82) is 0 Å². The number of rotatable bonds is 8. The highest BCUT2D eigenvalue weighted by atomic mass is 35.5. The molecule has 212 valence electrons. The van der Waals surface area contributed by atoms with Gasteiger partial charge in [-0.25, -0.2) is 13.4 Å². The van der Waals surface area contributed by atoms with Crippen LogP contribution < -0.4 is 5.32 Å². The molecule has 1 aromatic heterocycles. The van der Waals surface area contributed by atoms with Crippen molar-refractivity contribution in [2.24, 2.45) is 0 Å². The number of hydrogen-bond donors (Lipinski definition) is 2. The van der Waals surface area contributed by atoms with E-state index in [9.17, 15) is 31.5 Å². The van der Waals surface area contributed by atoms with Crippen molar-refractivity contribution >= 4 is 27.3 Å². The number of hydrogen-bond acceptors (Lipinski definition) is 5. The maximum Gasteiger partial charge on any atom is 0.416 e. The lowest BCUT2D eigenvalue weighted by atomic mass is 9.95. The van der Waals surface area contributed by atoms with Crippen molar-refractivity contribution in [3.63, 3.8) is 0 Å². The topological polar surface area (TPSA) is 101 Å². The summed E-state index contributed by atoms with van der Waals surface area (Å²) in [5.41, 5.74) is -0.863. The van der Waals surface area contributed by atoms with Crippen LogP contribution in [0.1, 0.15) is 72.4 Å².